The molecular weight excluding hydrogens is 310 g/mol. The van der Waals surface area contributed by atoms with E-state index in [1.807, 2.05) is 24.3 Å². The van der Waals surface area contributed by atoms with E-state index in [1.165, 1.54) is 25.7 Å². The van der Waals surface area contributed by atoms with Crippen LogP contribution in [0, 0.1) is 0 Å². The Bertz CT molecular complexity index is 649. The molecule has 0 bridgehead atoms. The summed E-state index contributed by atoms with van der Waals surface area (Å²) in [6.45, 7) is 0. The SMILES string of the molecule is O=C(Cc1ccc(Cl)cc1)Nc1ccc(NC2CCCC2)cn1. The summed E-state index contributed by atoms with van der Waals surface area (Å²) in [7, 11) is 0. The van der Waals surface area contributed by atoms with Crippen molar-refractivity contribution in [1.29, 1.82) is 0 Å². The number of hydrogen-bond donors (Lipinski definition) is 2. The van der Waals surface area contributed by atoms with Crippen molar-refractivity contribution < 1.29 is 4.79 Å². The van der Waals surface area contributed by atoms with Gasteiger partial charge in [-0.25, -0.2) is 4.98 Å². The minimum absolute atomic E-state index is 0.0867. The molecule has 1 fully saturated rings. The summed E-state index contributed by atoms with van der Waals surface area (Å²) in [5, 5.41) is 6.96. The number of amides is 1. The number of nitrogens with one attached hydrogen (secondary N) is 2. The maximum atomic E-state index is 12.0. The average molecular weight is 330 g/mol. The largest absolute Gasteiger partial charge is 0.381 e. The van der Waals surface area contributed by atoms with Crippen LogP contribution in [0.15, 0.2) is 42.6 Å². The van der Waals surface area contributed by atoms with Gasteiger partial charge in [0.2, 0.25) is 5.91 Å². The number of aromatic nitrogens is 1. The van der Waals surface area contributed by atoms with Gasteiger partial charge < -0.3 is 10.6 Å². The highest BCUT2D eigenvalue weighted by molar-refractivity contribution is 6.30. The third kappa shape index (κ3) is 4.70. The number of pyridine rings is 1. The predicted molar refractivity (Wildman–Crippen MR) is 93.9 cm³/mol. The van der Waals surface area contributed by atoms with Crippen LogP contribution in [0.4, 0.5) is 11.5 Å². The smallest absolute Gasteiger partial charge is 0.229 e. The molecule has 1 aromatic heterocycles. The zero-order valence-electron chi connectivity index (χ0n) is 12.9. The summed E-state index contributed by atoms with van der Waals surface area (Å²) in [5.41, 5.74) is 1.93. The highest BCUT2D eigenvalue weighted by Crippen LogP contribution is 2.22. The molecule has 3 rings (SSSR count). The summed E-state index contributed by atoms with van der Waals surface area (Å²) in [5.74, 6) is 0.484. The van der Waals surface area contributed by atoms with Crippen LogP contribution in [-0.4, -0.2) is 16.9 Å². The Labute approximate surface area is 141 Å². The lowest BCUT2D eigenvalue weighted by atomic mass is 10.1. The van der Waals surface area contributed by atoms with Crippen molar-refractivity contribution in [1.82, 2.24) is 4.98 Å². The molecule has 0 aliphatic heterocycles. The maximum Gasteiger partial charge on any atom is 0.229 e. The molecule has 1 heterocycles. The molecule has 1 saturated carbocycles. The number of rotatable bonds is 5. The van der Waals surface area contributed by atoms with Crippen molar-refractivity contribution >= 4 is 29.0 Å². The second kappa shape index (κ2) is 7.47. The van der Waals surface area contributed by atoms with Crippen LogP contribution in [-0.2, 0) is 11.2 Å². The normalized spacial score (nSPS) is 14.7. The predicted octanol–water partition coefficient (Wildman–Crippen LogP) is 4.27. The van der Waals surface area contributed by atoms with Crippen molar-refractivity contribution in [2.75, 3.05) is 10.6 Å². The molecular formula is C18H20ClN3O. The quantitative estimate of drug-likeness (QED) is 0.861. The average Bonchev–Trinajstić information content (AvgIpc) is 3.04. The molecule has 0 radical (unpaired) electrons. The molecule has 120 valence electrons. The van der Waals surface area contributed by atoms with Crippen LogP contribution in [0.1, 0.15) is 31.2 Å². The van der Waals surface area contributed by atoms with E-state index in [-0.39, 0.29) is 5.91 Å². The lowest BCUT2D eigenvalue weighted by molar-refractivity contribution is -0.115. The summed E-state index contributed by atoms with van der Waals surface area (Å²) in [6.07, 6.45) is 7.12. The van der Waals surface area contributed by atoms with E-state index in [2.05, 4.69) is 15.6 Å². The Balaban J connectivity index is 1.52. The number of anilines is 2. The van der Waals surface area contributed by atoms with E-state index in [0.717, 1.165) is 11.3 Å². The monoisotopic (exact) mass is 329 g/mol. The Hall–Kier alpha value is -2.07. The molecule has 1 amide bonds. The van der Waals surface area contributed by atoms with Gasteiger partial charge in [0.1, 0.15) is 5.82 Å². The molecule has 0 atom stereocenters. The lowest BCUT2D eigenvalue weighted by Gasteiger charge is -2.13. The van der Waals surface area contributed by atoms with Gasteiger partial charge in [-0.05, 0) is 42.7 Å². The summed E-state index contributed by atoms with van der Waals surface area (Å²) >= 11 is 5.84. The van der Waals surface area contributed by atoms with Crippen molar-refractivity contribution in [2.45, 2.75) is 38.1 Å². The Morgan fingerprint density at radius 3 is 2.52 bits per heavy atom. The highest BCUT2D eigenvalue weighted by atomic mass is 35.5. The molecule has 2 N–H and O–H groups in total. The van der Waals surface area contributed by atoms with E-state index >= 15 is 0 Å². The summed E-state index contributed by atoms with van der Waals surface area (Å²) < 4.78 is 0. The molecule has 2 aromatic rings. The van der Waals surface area contributed by atoms with Crippen molar-refractivity contribution in [3.8, 4) is 0 Å². The standard InChI is InChI=1S/C18H20ClN3O/c19-14-7-5-13(6-8-14)11-18(23)22-17-10-9-16(12-20-17)21-15-3-1-2-4-15/h5-10,12,15,21H,1-4,11H2,(H,20,22,23). The van der Waals surface area contributed by atoms with Gasteiger partial charge in [-0.15, -0.1) is 0 Å². The molecule has 1 aliphatic carbocycles. The van der Waals surface area contributed by atoms with E-state index < -0.39 is 0 Å². The lowest BCUT2D eigenvalue weighted by Crippen LogP contribution is -2.16. The summed E-state index contributed by atoms with van der Waals surface area (Å²) in [4.78, 5) is 16.3. The first-order valence-electron chi connectivity index (χ1n) is 7.96. The Morgan fingerprint density at radius 2 is 1.87 bits per heavy atom. The van der Waals surface area contributed by atoms with Crippen molar-refractivity contribution in [3.63, 3.8) is 0 Å². The highest BCUT2D eigenvalue weighted by Gasteiger charge is 2.14. The van der Waals surface area contributed by atoms with Gasteiger partial charge in [-0.3, -0.25) is 4.79 Å². The third-order valence-corrected chi connectivity index (χ3v) is 4.29. The molecule has 23 heavy (non-hydrogen) atoms. The first-order chi connectivity index (χ1) is 11.2. The van der Waals surface area contributed by atoms with Crippen LogP contribution in [0.25, 0.3) is 0 Å². The van der Waals surface area contributed by atoms with Gasteiger partial charge in [0.15, 0.2) is 0 Å². The van der Waals surface area contributed by atoms with E-state index in [4.69, 9.17) is 11.6 Å². The minimum Gasteiger partial charge on any atom is -0.381 e. The topological polar surface area (TPSA) is 54.0 Å². The number of benzene rings is 1. The first kappa shape index (κ1) is 15.8. The van der Waals surface area contributed by atoms with Crippen LogP contribution < -0.4 is 10.6 Å². The molecule has 0 spiro atoms. The van der Waals surface area contributed by atoms with Gasteiger partial charge in [-0.1, -0.05) is 36.6 Å². The Morgan fingerprint density at radius 1 is 1.13 bits per heavy atom. The van der Waals surface area contributed by atoms with E-state index in [1.54, 1.807) is 18.3 Å². The fourth-order valence-corrected chi connectivity index (χ4v) is 2.96. The van der Waals surface area contributed by atoms with Crippen LogP contribution in [0.2, 0.25) is 5.02 Å². The number of hydrogen-bond acceptors (Lipinski definition) is 3. The van der Waals surface area contributed by atoms with E-state index in [0.29, 0.717) is 23.3 Å². The van der Waals surface area contributed by atoms with Gasteiger partial charge in [0, 0.05) is 11.1 Å². The first-order valence-corrected chi connectivity index (χ1v) is 8.34. The maximum absolute atomic E-state index is 12.0. The molecule has 1 aromatic carbocycles. The van der Waals surface area contributed by atoms with Crippen LogP contribution in [0.5, 0.6) is 0 Å². The minimum atomic E-state index is -0.0867. The van der Waals surface area contributed by atoms with E-state index in [9.17, 15) is 4.79 Å². The Kier molecular flexibility index (Phi) is 5.13. The molecule has 0 saturated heterocycles. The number of carbonyl (C=O) groups is 1. The molecule has 4 nitrogen and oxygen atoms in total. The number of nitrogens with zero attached hydrogens (tertiary/aromatic N) is 1. The molecule has 1 aliphatic rings. The van der Waals surface area contributed by atoms with Gasteiger partial charge in [0.25, 0.3) is 0 Å². The zero-order chi connectivity index (χ0) is 16.1. The van der Waals surface area contributed by atoms with Gasteiger partial charge >= 0.3 is 0 Å². The second-order valence-corrected chi connectivity index (χ2v) is 6.35. The number of carbonyl (C=O) groups excluding carboxylic acids is 1. The van der Waals surface area contributed by atoms with Crippen LogP contribution >= 0.6 is 11.6 Å². The number of halogens is 1. The zero-order valence-corrected chi connectivity index (χ0v) is 13.6. The fraction of sp³-hybridized carbons (Fsp3) is 0.333. The molecule has 0 unspecified atom stereocenters. The fourth-order valence-electron chi connectivity index (χ4n) is 2.83. The second-order valence-electron chi connectivity index (χ2n) is 5.91. The molecule has 5 heteroatoms. The summed E-state index contributed by atoms with van der Waals surface area (Å²) in [6, 6.07) is 11.6. The van der Waals surface area contributed by atoms with Crippen LogP contribution in [0.3, 0.4) is 0 Å². The van der Waals surface area contributed by atoms with Gasteiger partial charge in [-0.2, -0.15) is 0 Å². The van der Waals surface area contributed by atoms with Crippen molar-refractivity contribution in [3.05, 3.63) is 53.2 Å². The third-order valence-electron chi connectivity index (χ3n) is 4.03. The van der Waals surface area contributed by atoms with Crippen molar-refractivity contribution in [2.24, 2.45) is 0 Å². The van der Waals surface area contributed by atoms with Gasteiger partial charge in [0.05, 0.1) is 18.3 Å².